The van der Waals surface area contributed by atoms with Crippen LogP contribution in [0.5, 0.6) is 0 Å². The molecule has 0 saturated heterocycles. The van der Waals surface area contributed by atoms with Crippen molar-refractivity contribution in [1.82, 2.24) is 0 Å². The fourth-order valence-corrected chi connectivity index (χ4v) is 1.28. The Balaban J connectivity index is 2.25. The van der Waals surface area contributed by atoms with E-state index in [4.69, 9.17) is 9.47 Å². The van der Waals surface area contributed by atoms with E-state index in [1.165, 1.54) is 7.11 Å². The van der Waals surface area contributed by atoms with Crippen LogP contribution in [0.3, 0.4) is 0 Å². The molecule has 98 valence electrons. The van der Waals surface area contributed by atoms with Gasteiger partial charge in [-0.2, -0.15) is 0 Å². The van der Waals surface area contributed by atoms with Crippen LogP contribution in [0.2, 0.25) is 0 Å². The zero-order valence-corrected chi connectivity index (χ0v) is 10.5. The molecule has 4 nitrogen and oxygen atoms in total. The minimum atomic E-state index is -0.402. The molecule has 0 aliphatic carbocycles. The normalized spacial score (nSPS) is 11.8. The number of carbonyl (C=O) groups is 1. The molecular weight excluding hydrogens is 232 g/mol. The van der Waals surface area contributed by atoms with Gasteiger partial charge in [-0.25, -0.2) is 4.79 Å². The average Bonchev–Trinajstić information content (AvgIpc) is 2.43. The highest BCUT2D eigenvalue weighted by molar-refractivity contribution is 5.70. The monoisotopic (exact) mass is 250 g/mol. The summed E-state index contributed by atoms with van der Waals surface area (Å²) in [5, 5.41) is 0. The van der Waals surface area contributed by atoms with Crippen LogP contribution in [0.15, 0.2) is 43.0 Å². The third kappa shape index (κ3) is 5.61. The van der Waals surface area contributed by atoms with Crippen LogP contribution in [0, 0.1) is 0 Å². The van der Waals surface area contributed by atoms with Crippen LogP contribution in [0.25, 0.3) is 0 Å². The van der Waals surface area contributed by atoms with E-state index in [-0.39, 0.29) is 19.3 Å². The van der Waals surface area contributed by atoms with Crippen molar-refractivity contribution in [3.63, 3.8) is 0 Å². The number of benzene rings is 1. The third-order valence-electron chi connectivity index (χ3n) is 2.30. The highest BCUT2D eigenvalue weighted by Gasteiger charge is 2.07. The van der Waals surface area contributed by atoms with E-state index in [2.05, 4.69) is 11.3 Å². The summed E-state index contributed by atoms with van der Waals surface area (Å²) in [6.07, 6.45) is 1.41. The molecule has 0 saturated carbocycles. The van der Waals surface area contributed by atoms with Crippen molar-refractivity contribution in [2.24, 2.45) is 0 Å². The molecule has 0 fully saturated rings. The number of carbonyl (C=O) groups excluding carboxylic acids is 1. The van der Waals surface area contributed by atoms with Crippen molar-refractivity contribution >= 4 is 5.97 Å². The van der Waals surface area contributed by atoms with Gasteiger partial charge in [-0.15, -0.1) is 6.58 Å². The van der Waals surface area contributed by atoms with Crippen molar-refractivity contribution in [3.8, 4) is 0 Å². The van der Waals surface area contributed by atoms with Crippen LogP contribution in [-0.4, -0.2) is 32.4 Å². The van der Waals surface area contributed by atoms with Crippen molar-refractivity contribution in [2.45, 2.75) is 12.7 Å². The van der Waals surface area contributed by atoms with E-state index >= 15 is 0 Å². The summed E-state index contributed by atoms with van der Waals surface area (Å²) in [6, 6.07) is 9.82. The summed E-state index contributed by atoms with van der Waals surface area (Å²) in [7, 11) is 1.32. The first kappa shape index (κ1) is 14.4. The number of ether oxygens (including phenoxy) is 3. The predicted molar refractivity (Wildman–Crippen MR) is 68.1 cm³/mol. The average molecular weight is 250 g/mol. The Morgan fingerprint density at radius 1 is 1.39 bits per heavy atom. The lowest BCUT2D eigenvalue weighted by molar-refractivity contribution is -0.147. The molecule has 18 heavy (non-hydrogen) atoms. The first-order valence-corrected chi connectivity index (χ1v) is 5.69. The largest absolute Gasteiger partial charge is 0.467 e. The van der Waals surface area contributed by atoms with Gasteiger partial charge in [0.2, 0.25) is 0 Å². The number of methoxy groups -OCH3 is 1. The van der Waals surface area contributed by atoms with E-state index in [1.807, 2.05) is 30.3 Å². The second kappa shape index (κ2) is 8.44. The lowest BCUT2D eigenvalue weighted by atomic mass is 10.2. The summed E-state index contributed by atoms with van der Waals surface area (Å²) >= 11 is 0. The van der Waals surface area contributed by atoms with E-state index in [1.54, 1.807) is 6.08 Å². The van der Waals surface area contributed by atoms with Crippen LogP contribution < -0.4 is 0 Å². The van der Waals surface area contributed by atoms with Gasteiger partial charge in [0.25, 0.3) is 0 Å². The summed E-state index contributed by atoms with van der Waals surface area (Å²) in [4.78, 5) is 10.8. The molecule has 1 aromatic rings. The quantitative estimate of drug-likeness (QED) is 0.522. The molecule has 1 aromatic carbocycles. The maximum Gasteiger partial charge on any atom is 0.331 e. The van der Waals surface area contributed by atoms with E-state index in [0.717, 1.165) is 5.56 Å². The van der Waals surface area contributed by atoms with Gasteiger partial charge in [0.1, 0.15) is 6.61 Å². The van der Waals surface area contributed by atoms with Crippen LogP contribution >= 0.6 is 0 Å². The van der Waals surface area contributed by atoms with E-state index in [0.29, 0.717) is 6.61 Å². The lowest BCUT2D eigenvalue weighted by Crippen LogP contribution is -2.20. The van der Waals surface area contributed by atoms with Gasteiger partial charge in [-0.3, -0.25) is 0 Å². The Kier molecular flexibility index (Phi) is 6.76. The molecule has 0 N–H and O–H groups in total. The molecule has 0 aliphatic rings. The molecule has 0 aromatic heterocycles. The Bertz CT molecular complexity index is 361. The van der Waals surface area contributed by atoms with Crippen molar-refractivity contribution in [2.75, 3.05) is 20.3 Å². The third-order valence-corrected chi connectivity index (χ3v) is 2.30. The van der Waals surface area contributed by atoms with Gasteiger partial charge >= 0.3 is 5.97 Å². The second-order valence-electron chi connectivity index (χ2n) is 3.66. The zero-order valence-electron chi connectivity index (χ0n) is 10.5. The van der Waals surface area contributed by atoms with E-state index < -0.39 is 5.97 Å². The maximum atomic E-state index is 10.8. The minimum absolute atomic E-state index is 0.0739. The molecule has 0 bridgehead atoms. The molecule has 1 unspecified atom stereocenters. The van der Waals surface area contributed by atoms with Gasteiger partial charge in [-0.1, -0.05) is 36.4 Å². The SMILES string of the molecule is C=CC(COCC(=O)OC)OCc1ccccc1. The Morgan fingerprint density at radius 2 is 2.11 bits per heavy atom. The zero-order chi connectivity index (χ0) is 13.2. The molecule has 1 rings (SSSR count). The summed E-state index contributed by atoms with van der Waals surface area (Å²) in [5.74, 6) is -0.402. The highest BCUT2D eigenvalue weighted by atomic mass is 16.6. The van der Waals surface area contributed by atoms with Crippen molar-refractivity contribution in [1.29, 1.82) is 0 Å². The van der Waals surface area contributed by atoms with E-state index in [9.17, 15) is 4.79 Å². The number of rotatable bonds is 8. The molecule has 0 aliphatic heterocycles. The van der Waals surface area contributed by atoms with Crippen molar-refractivity contribution in [3.05, 3.63) is 48.6 Å². The fourth-order valence-electron chi connectivity index (χ4n) is 1.28. The van der Waals surface area contributed by atoms with Gasteiger partial charge in [0.05, 0.1) is 26.4 Å². The smallest absolute Gasteiger partial charge is 0.331 e. The highest BCUT2D eigenvalue weighted by Crippen LogP contribution is 2.04. The molecule has 0 heterocycles. The van der Waals surface area contributed by atoms with Gasteiger partial charge in [0, 0.05) is 0 Å². The minimum Gasteiger partial charge on any atom is -0.467 e. The molecule has 4 heteroatoms. The summed E-state index contributed by atoms with van der Waals surface area (Å²) < 4.78 is 15.2. The first-order chi connectivity index (χ1) is 8.76. The van der Waals surface area contributed by atoms with Gasteiger partial charge < -0.3 is 14.2 Å². The molecule has 0 radical (unpaired) electrons. The second-order valence-corrected chi connectivity index (χ2v) is 3.66. The van der Waals surface area contributed by atoms with Crippen LogP contribution in [0.1, 0.15) is 5.56 Å². The fraction of sp³-hybridized carbons (Fsp3) is 0.357. The van der Waals surface area contributed by atoms with Crippen molar-refractivity contribution < 1.29 is 19.0 Å². The number of hydrogen-bond acceptors (Lipinski definition) is 4. The summed E-state index contributed by atoms with van der Waals surface area (Å²) in [6.45, 7) is 4.36. The van der Waals surface area contributed by atoms with Gasteiger partial charge in [-0.05, 0) is 5.56 Å². The predicted octanol–water partition coefficient (Wildman–Crippen LogP) is 1.95. The Labute approximate surface area is 107 Å². The Morgan fingerprint density at radius 3 is 2.72 bits per heavy atom. The standard InChI is InChI=1S/C14H18O4/c1-3-13(10-17-11-14(15)16-2)18-9-12-7-5-4-6-8-12/h3-8,13H,1,9-11H2,2H3. The number of esters is 1. The molecule has 1 atom stereocenters. The lowest BCUT2D eigenvalue weighted by Gasteiger charge is -2.13. The molecular formula is C14H18O4. The topological polar surface area (TPSA) is 44.8 Å². The molecule has 0 spiro atoms. The molecule has 0 amide bonds. The first-order valence-electron chi connectivity index (χ1n) is 5.69. The Hall–Kier alpha value is -1.65. The van der Waals surface area contributed by atoms with Crippen LogP contribution in [0.4, 0.5) is 0 Å². The van der Waals surface area contributed by atoms with Crippen LogP contribution in [-0.2, 0) is 25.6 Å². The maximum absolute atomic E-state index is 10.8. The summed E-state index contributed by atoms with van der Waals surface area (Å²) in [5.41, 5.74) is 1.08. The van der Waals surface area contributed by atoms with Gasteiger partial charge in [0.15, 0.2) is 0 Å². The number of hydrogen-bond donors (Lipinski definition) is 0.